The summed E-state index contributed by atoms with van der Waals surface area (Å²) in [6, 6.07) is 2.49. The van der Waals surface area contributed by atoms with Gasteiger partial charge in [-0.3, -0.25) is 4.90 Å². The average molecular weight is 273 g/mol. The summed E-state index contributed by atoms with van der Waals surface area (Å²) in [5, 5.41) is 0. The molecule has 19 heavy (non-hydrogen) atoms. The van der Waals surface area contributed by atoms with E-state index in [1.807, 2.05) is 24.0 Å². The minimum Gasteiger partial charge on any atom is -0.354 e. The standard InChI is InChI=1S/C13H18F3N3/c1-10-3-4-17-12(9-10)19-7-5-18(6-8-19)11(2)13(14,15)16/h3-4,9,11H,5-8H2,1-2H3/t11-/m0/s1. The van der Waals surface area contributed by atoms with Gasteiger partial charge in [-0.25, -0.2) is 4.98 Å². The lowest BCUT2D eigenvalue weighted by Crippen LogP contribution is -2.53. The Morgan fingerprint density at radius 1 is 1.21 bits per heavy atom. The lowest BCUT2D eigenvalue weighted by atomic mass is 10.2. The van der Waals surface area contributed by atoms with Crippen LogP contribution in [0.25, 0.3) is 0 Å². The first-order chi connectivity index (χ1) is 8.88. The molecule has 1 aliphatic rings. The molecule has 0 aliphatic carbocycles. The van der Waals surface area contributed by atoms with Gasteiger partial charge >= 0.3 is 6.18 Å². The summed E-state index contributed by atoms with van der Waals surface area (Å²) >= 11 is 0. The number of alkyl halides is 3. The minimum atomic E-state index is -4.15. The fourth-order valence-electron chi connectivity index (χ4n) is 2.24. The summed E-state index contributed by atoms with van der Waals surface area (Å²) < 4.78 is 37.9. The molecule has 0 saturated carbocycles. The summed E-state index contributed by atoms with van der Waals surface area (Å²) in [7, 11) is 0. The largest absolute Gasteiger partial charge is 0.403 e. The Bertz CT molecular complexity index is 425. The second-order valence-electron chi connectivity index (χ2n) is 4.93. The van der Waals surface area contributed by atoms with Crippen molar-refractivity contribution in [2.75, 3.05) is 31.1 Å². The van der Waals surface area contributed by atoms with Gasteiger partial charge in [0, 0.05) is 32.4 Å². The molecule has 1 aromatic heterocycles. The lowest BCUT2D eigenvalue weighted by molar-refractivity contribution is -0.179. The smallest absolute Gasteiger partial charge is 0.354 e. The first-order valence-corrected chi connectivity index (χ1v) is 6.36. The molecule has 1 saturated heterocycles. The van der Waals surface area contributed by atoms with Gasteiger partial charge in [-0.15, -0.1) is 0 Å². The molecule has 0 amide bonds. The summed E-state index contributed by atoms with van der Waals surface area (Å²) in [4.78, 5) is 7.78. The highest BCUT2D eigenvalue weighted by Gasteiger charge is 2.40. The van der Waals surface area contributed by atoms with E-state index in [1.165, 1.54) is 11.8 Å². The highest BCUT2D eigenvalue weighted by molar-refractivity contribution is 5.41. The lowest BCUT2D eigenvalue weighted by Gasteiger charge is -2.39. The van der Waals surface area contributed by atoms with Crippen molar-refractivity contribution < 1.29 is 13.2 Å². The molecule has 0 spiro atoms. The van der Waals surface area contributed by atoms with Crippen LogP contribution in [0.3, 0.4) is 0 Å². The molecule has 1 aliphatic heterocycles. The predicted molar refractivity (Wildman–Crippen MR) is 68.3 cm³/mol. The molecule has 0 N–H and O–H groups in total. The second kappa shape index (κ2) is 5.36. The molecule has 106 valence electrons. The molecule has 0 radical (unpaired) electrons. The van der Waals surface area contributed by atoms with Crippen molar-refractivity contribution in [2.24, 2.45) is 0 Å². The van der Waals surface area contributed by atoms with E-state index >= 15 is 0 Å². The van der Waals surface area contributed by atoms with E-state index in [9.17, 15) is 13.2 Å². The van der Waals surface area contributed by atoms with Crippen LogP contribution in [0, 0.1) is 6.92 Å². The molecular weight excluding hydrogens is 255 g/mol. The quantitative estimate of drug-likeness (QED) is 0.825. The summed E-state index contributed by atoms with van der Waals surface area (Å²) in [6.07, 6.45) is -2.42. The Balaban J connectivity index is 1.96. The van der Waals surface area contributed by atoms with Crippen LogP contribution in [-0.2, 0) is 0 Å². The van der Waals surface area contributed by atoms with Crippen molar-refractivity contribution in [1.29, 1.82) is 0 Å². The minimum absolute atomic E-state index is 0.413. The van der Waals surface area contributed by atoms with Crippen molar-refractivity contribution >= 4 is 5.82 Å². The maximum Gasteiger partial charge on any atom is 0.403 e. The molecule has 1 aromatic rings. The predicted octanol–water partition coefficient (Wildman–Crippen LogP) is 2.46. The Hall–Kier alpha value is -1.30. The van der Waals surface area contributed by atoms with Crippen LogP contribution in [0.1, 0.15) is 12.5 Å². The molecule has 0 bridgehead atoms. The van der Waals surface area contributed by atoms with E-state index in [0.29, 0.717) is 26.2 Å². The number of hydrogen-bond acceptors (Lipinski definition) is 3. The van der Waals surface area contributed by atoms with Crippen LogP contribution in [0.5, 0.6) is 0 Å². The van der Waals surface area contributed by atoms with Crippen molar-refractivity contribution in [3.63, 3.8) is 0 Å². The molecular formula is C13H18F3N3. The number of pyridine rings is 1. The zero-order valence-electron chi connectivity index (χ0n) is 11.1. The number of halogens is 3. The van der Waals surface area contributed by atoms with Crippen LogP contribution in [-0.4, -0.2) is 48.3 Å². The first kappa shape index (κ1) is 14.1. The molecule has 0 unspecified atom stereocenters. The Labute approximate surface area is 111 Å². The highest BCUT2D eigenvalue weighted by atomic mass is 19.4. The van der Waals surface area contributed by atoms with E-state index < -0.39 is 12.2 Å². The third kappa shape index (κ3) is 3.37. The highest BCUT2D eigenvalue weighted by Crippen LogP contribution is 2.26. The molecule has 1 fully saturated rings. The molecule has 6 heteroatoms. The van der Waals surface area contributed by atoms with Gasteiger partial charge in [0.25, 0.3) is 0 Å². The van der Waals surface area contributed by atoms with Crippen molar-refractivity contribution in [1.82, 2.24) is 9.88 Å². The number of aryl methyl sites for hydroxylation is 1. The van der Waals surface area contributed by atoms with E-state index in [1.54, 1.807) is 6.20 Å². The van der Waals surface area contributed by atoms with Crippen LogP contribution >= 0.6 is 0 Å². The van der Waals surface area contributed by atoms with Crippen molar-refractivity contribution in [3.8, 4) is 0 Å². The number of rotatable bonds is 2. The fraction of sp³-hybridized carbons (Fsp3) is 0.615. The van der Waals surface area contributed by atoms with Crippen LogP contribution in [0.4, 0.5) is 19.0 Å². The third-order valence-corrected chi connectivity index (χ3v) is 3.56. The zero-order chi connectivity index (χ0) is 14.0. The van der Waals surface area contributed by atoms with Crippen LogP contribution in [0.2, 0.25) is 0 Å². The van der Waals surface area contributed by atoms with Gasteiger partial charge < -0.3 is 4.90 Å². The number of aromatic nitrogens is 1. The monoisotopic (exact) mass is 273 g/mol. The van der Waals surface area contributed by atoms with E-state index in [2.05, 4.69) is 4.98 Å². The summed E-state index contributed by atoms with van der Waals surface area (Å²) in [5.74, 6) is 0.847. The number of hydrogen-bond donors (Lipinski definition) is 0. The van der Waals surface area contributed by atoms with Gasteiger partial charge in [0.1, 0.15) is 11.9 Å². The normalized spacial score (nSPS) is 19.5. The van der Waals surface area contributed by atoms with Crippen molar-refractivity contribution in [3.05, 3.63) is 23.9 Å². The molecule has 1 atom stereocenters. The maximum absolute atomic E-state index is 12.6. The molecule has 2 heterocycles. The summed E-state index contributed by atoms with van der Waals surface area (Å²) in [6.45, 7) is 5.19. The molecule has 3 nitrogen and oxygen atoms in total. The SMILES string of the molecule is Cc1ccnc(N2CCN([C@@H](C)C(F)(F)F)CC2)c1. The van der Waals surface area contributed by atoms with Gasteiger partial charge in [0.05, 0.1) is 0 Å². The first-order valence-electron chi connectivity index (χ1n) is 6.36. The third-order valence-electron chi connectivity index (χ3n) is 3.56. The van der Waals surface area contributed by atoms with Gasteiger partial charge in [0.2, 0.25) is 0 Å². The van der Waals surface area contributed by atoms with Gasteiger partial charge in [-0.05, 0) is 31.5 Å². The average Bonchev–Trinajstić information content (AvgIpc) is 2.37. The van der Waals surface area contributed by atoms with Crippen molar-refractivity contribution in [2.45, 2.75) is 26.1 Å². The second-order valence-corrected chi connectivity index (χ2v) is 4.93. The topological polar surface area (TPSA) is 19.4 Å². The van der Waals surface area contributed by atoms with Gasteiger partial charge in [-0.2, -0.15) is 13.2 Å². The maximum atomic E-state index is 12.6. The van der Waals surface area contributed by atoms with Gasteiger partial charge in [0.15, 0.2) is 0 Å². The number of nitrogens with zero attached hydrogens (tertiary/aromatic N) is 3. The van der Waals surface area contributed by atoms with Crippen LogP contribution in [0.15, 0.2) is 18.3 Å². The molecule has 2 rings (SSSR count). The number of piperazine rings is 1. The Kier molecular flexibility index (Phi) is 3.99. The van der Waals surface area contributed by atoms with E-state index in [0.717, 1.165) is 11.4 Å². The van der Waals surface area contributed by atoms with E-state index in [-0.39, 0.29) is 0 Å². The van der Waals surface area contributed by atoms with E-state index in [4.69, 9.17) is 0 Å². The fourth-order valence-corrected chi connectivity index (χ4v) is 2.24. The summed E-state index contributed by atoms with van der Waals surface area (Å²) in [5.41, 5.74) is 1.11. The zero-order valence-corrected chi connectivity index (χ0v) is 11.1. The van der Waals surface area contributed by atoms with Gasteiger partial charge in [-0.1, -0.05) is 0 Å². The number of anilines is 1. The Morgan fingerprint density at radius 3 is 2.37 bits per heavy atom. The van der Waals surface area contributed by atoms with Crippen LogP contribution < -0.4 is 4.90 Å². The molecule has 0 aromatic carbocycles. The Morgan fingerprint density at radius 2 is 1.84 bits per heavy atom.